The summed E-state index contributed by atoms with van der Waals surface area (Å²) in [4.78, 5) is 6.76. The van der Waals surface area contributed by atoms with Crippen LogP contribution in [0.25, 0.3) is 0 Å². The first-order chi connectivity index (χ1) is 8.83. The predicted molar refractivity (Wildman–Crippen MR) is 73.8 cm³/mol. The first-order valence-corrected chi connectivity index (χ1v) is 6.35. The molecule has 98 valence electrons. The van der Waals surface area contributed by atoms with Crippen LogP contribution >= 0.6 is 0 Å². The van der Waals surface area contributed by atoms with Crippen LogP contribution in [0.4, 0.5) is 5.82 Å². The molecule has 1 N–H and O–H groups in total. The Kier molecular flexibility index (Phi) is 4.73. The normalized spacial score (nSPS) is 15.7. The molecule has 18 heavy (non-hydrogen) atoms. The van der Waals surface area contributed by atoms with Gasteiger partial charge in [-0.05, 0) is 36.7 Å². The van der Waals surface area contributed by atoms with Gasteiger partial charge in [-0.1, -0.05) is 6.08 Å². The molecule has 1 aliphatic heterocycles. The van der Waals surface area contributed by atoms with Gasteiger partial charge < -0.3 is 15.0 Å². The fourth-order valence-electron chi connectivity index (χ4n) is 2.18. The highest BCUT2D eigenvalue weighted by molar-refractivity contribution is 5.43. The molecule has 0 radical (unpaired) electrons. The number of aromatic nitrogens is 1. The fraction of sp³-hybridized carbons (Fsp3) is 0.500. The number of anilines is 1. The van der Waals surface area contributed by atoms with Gasteiger partial charge >= 0.3 is 0 Å². The van der Waals surface area contributed by atoms with Gasteiger partial charge in [-0.25, -0.2) is 4.98 Å². The average molecular weight is 247 g/mol. The Morgan fingerprint density at radius 3 is 3.06 bits per heavy atom. The van der Waals surface area contributed by atoms with Crippen molar-refractivity contribution in [2.45, 2.75) is 13.0 Å². The van der Waals surface area contributed by atoms with Crippen LogP contribution in [-0.4, -0.2) is 38.8 Å². The molecule has 0 aromatic carbocycles. The molecule has 4 heteroatoms. The van der Waals surface area contributed by atoms with Crippen LogP contribution in [0.1, 0.15) is 12.0 Å². The first kappa shape index (κ1) is 13.1. The van der Waals surface area contributed by atoms with E-state index < -0.39 is 0 Å². The van der Waals surface area contributed by atoms with E-state index in [1.807, 2.05) is 13.2 Å². The molecule has 0 saturated heterocycles. The summed E-state index contributed by atoms with van der Waals surface area (Å²) in [6.07, 6.45) is 5.20. The molecule has 2 rings (SSSR count). The third kappa shape index (κ3) is 3.31. The first-order valence-electron chi connectivity index (χ1n) is 6.35. The Hall–Kier alpha value is -1.39. The number of hydrogen-bond acceptors (Lipinski definition) is 4. The lowest BCUT2D eigenvalue weighted by Crippen LogP contribution is -2.30. The number of hydrogen-bond donors (Lipinski definition) is 1. The number of nitrogens with one attached hydrogen (secondary N) is 1. The second-order valence-corrected chi connectivity index (χ2v) is 4.54. The van der Waals surface area contributed by atoms with E-state index in [0.717, 1.165) is 38.5 Å². The van der Waals surface area contributed by atoms with E-state index in [2.05, 4.69) is 33.4 Å². The Morgan fingerprint density at radius 2 is 2.39 bits per heavy atom. The number of nitrogens with zero attached hydrogens (tertiary/aromatic N) is 2. The van der Waals surface area contributed by atoms with Gasteiger partial charge in [-0.15, -0.1) is 0 Å². The van der Waals surface area contributed by atoms with E-state index in [4.69, 9.17) is 4.74 Å². The maximum absolute atomic E-state index is 5.16. The highest BCUT2D eigenvalue weighted by Gasteiger charge is 2.13. The van der Waals surface area contributed by atoms with Crippen LogP contribution in [0, 0.1) is 0 Å². The van der Waals surface area contributed by atoms with Crippen LogP contribution in [0.5, 0.6) is 0 Å². The highest BCUT2D eigenvalue weighted by atomic mass is 16.5. The summed E-state index contributed by atoms with van der Waals surface area (Å²) in [5.41, 5.74) is 2.66. The lowest BCUT2D eigenvalue weighted by atomic mass is 10.1. The summed E-state index contributed by atoms with van der Waals surface area (Å²) in [7, 11) is 3.71. The topological polar surface area (TPSA) is 37.4 Å². The fourth-order valence-corrected chi connectivity index (χ4v) is 2.18. The molecule has 4 nitrogen and oxygen atoms in total. The van der Waals surface area contributed by atoms with Crippen molar-refractivity contribution in [1.29, 1.82) is 0 Å². The van der Waals surface area contributed by atoms with E-state index in [-0.39, 0.29) is 0 Å². The van der Waals surface area contributed by atoms with Crippen LogP contribution in [-0.2, 0) is 11.3 Å². The molecule has 2 heterocycles. The predicted octanol–water partition coefficient (Wildman–Crippen LogP) is 1.58. The van der Waals surface area contributed by atoms with E-state index >= 15 is 0 Å². The van der Waals surface area contributed by atoms with Crippen LogP contribution in [0.15, 0.2) is 30.0 Å². The van der Waals surface area contributed by atoms with Crippen molar-refractivity contribution in [3.63, 3.8) is 0 Å². The molecule has 1 aromatic rings. The summed E-state index contributed by atoms with van der Waals surface area (Å²) in [5, 5.41) is 3.16. The number of ether oxygens (including phenoxy) is 1. The largest absolute Gasteiger partial charge is 0.380 e. The number of rotatable bonds is 5. The van der Waals surface area contributed by atoms with Crippen LogP contribution in [0.2, 0.25) is 0 Å². The van der Waals surface area contributed by atoms with Crippen molar-refractivity contribution in [2.24, 2.45) is 0 Å². The van der Waals surface area contributed by atoms with E-state index in [0.29, 0.717) is 0 Å². The van der Waals surface area contributed by atoms with Gasteiger partial charge in [0, 0.05) is 32.9 Å². The van der Waals surface area contributed by atoms with Crippen molar-refractivity contribution in [3.8, 4) is 0 Å². The summed E-state index contributed by atoms with van der Waals surface area (Å²) in [5.74, 6) is 1.07. The van der Waals surface area contributed by atoms with E-state index in [1.165, 1.54) is 11.1 Å². The third-order valence-electron chi connectivity index (χ3n) is 3.15. The summed E-state index contributed by atoms with van der Waals surface area (Å²) in [6.45, 7) is 3.58. The Bertz CT molecular complexity index is 417. The lowest BCUT2D eigenvalue weighted by Gasteiger charge is -2.27. The van der Waals surface area contributed by atoms with Gasteiger partial charge in [0.1, 0.15) is 5.82 Å². The smallest absolute Gasteiger partial charge is 0.129 e. The SMILES string of the molecule is CNCc1ccnc(N2CC=C(COC)CC2)c1. The van der Waals surface area contributed by atoms with Crippen molar-refractivity contribution < 1.29 is 4.74 Å². The van der Waals surface area contributed by atoms with Gasteiger partial charge in [0.05, 0.1) is 6.61 Å². The average Bonchev–Trinajstić information content (AvgIpc) is 2.41. The third-order valence-corrected chi connectivity index (χ3v) is 3.15. The van der Waals surface area contributed by atoms with E-state index in [9.17, 15) is 0 Å². The quantitative estimate of drug-likeness (QED) is 0.802. The zero-order chi connectivity index (χ0) is 12.8. The van der Waals surface area contributed by atoms with Gasteiger partial charge in [0.15, 0.2) is 0 Å². The maximum atomic E-state index is 5.16. The summed E-state index contributed by atoms with van der Waals surface area (Å²) in [6, 6.07) is 4.21. The highest BCUT2D eigenvalue weighted by Crippen LogP contribution is 2.18. The second-order valence-electron chi connectivity index (χ2n) is 4.54. The van der Waals surface area contributed by atoms with Crippen molar-refractivity contribution >= 4 is 5.82 Å². The standard InChI is InChI=1S/C14H21N3O/c1-15-10-13-3-6-16-14(9-13)17-7-4-12(5-8-17)11-18-2/h3-4,6,9,15H,5,7-8,10-11H2,1-2H3. The van der Waals surface area contributed by atoms with Crippen LogP contribution < -0.4 is 10.2 Å². The Morgan fingerprint density at radius 1 is 1.50 bits per heavy atom. The molecule has 1 aliphatic rings. The molecule has 0 bridgehead atoms. The Labute approximate surface area is 109 Å². The molecular weight excluding hydrogens is 226 g/mol. The van der Waals surface area contributed by atoms with Gasteiger partial charge in [0.2, 0.25) is 0 Å². The molecule has 0 unspecified atom stereocenters. The monoisotopic (exact) mass is 247 g/mol. The lowest BCUT2D eigenvalue weighted by molar-refractivity contribution is 0.222. The molecule has 0 amide bonds. The van der Waals surface area contributed by atoms with Gasteiger partial charge in [0.25, 0.3) is 0 Å². The second kappa shape index (κ2) is 6.52. The minimum absolute atomic E-state index is 0.751. The van der Waals surface area contributed by atoms with Crippen LogP contribution in [0.3, 0.4) is 0 Å². The molecule has 0 aliphatic carbocycles. The van der Waals surface area contributed by atoms with Gasteiger partial charge in [-0.3, -0.25) is 0 Å². The zero-order valence-electron chi connectivity index (χ0n) is 11.1. The minimum Gasteiger partial charge on any atom is -0.380 e. The molecular formula is C14H21N3O. The summed E-state index contributed by atoms with van der Waals surface area (Å²) < 4.78 is 5.16. The Balaban J connectivity index is 2.02. The van der Waals surface area contributed by atoms with Crippen molar-refractivity contribution in [3.05, 3.63) is 35.5 Å². The number of pyridine rings is 1. The summed E-state index contributed by atoms with van der Waals surface area (Å²) >= 11 is 0. The molecule has 0 spiro atoms. The molecule has 0 fully saturated rings. The van der Waals surface area contributed by atoms with Gasteiger partial charge in [-0.2, -0.15) is 0 Å². The molecule has 0 saturated carbocycles. The maximum Gasteiger partial charge on any atom is 0.129 e. The van der Waals surface area contributed by atoms with E-state index in [1.54, 1.807) is 7.11 Å². The molecule has 0 atom stereocenters. The van der Waals surface area contributed by atoms with Crippen molar-refractivity contribution in [2.75, 3.05) is 38.8 Å². The number of methoxy groups -OCH3 is 1. The zero-order valence-corrected chi connectivity index (χ0v) is 11.1. The van der Waals surface area contributed by atoms with Crippen molar-refractivity contribution in [1.82, 2.24) is 10.3 Å². The minimum atomic E-state index is 0.751. The molecule has 1 aromatic heterocycles.